The molecule has 0 aromatic carbocycles. The second kappa shape index (κ2) is 7.98. The smallest absolute Gasteiger partial charge is 0.462 e. The van der Waals surface area contributed by atoms with Gasteiger partial charge in [-0.05, 0) is 47.0 Å². The third-order valence-electron chi connectivity index (χ3n) is 2.74. The van der Waals surface area contributed by atoms with Gasteiger partial charge in [0.1, 0.15) is 0 Å². The maximum Gasteiger partial charge on any atom is 0.516 e. The van der Waals surface area contributed by atoms with E-state index in [1.165, 1.54) is 0 Å². The minimum absolute atomic E-state index is 0.177. The summed E-state index contributed by atoms with van der Waals surface area (Å²) in [6, 6.07) is 0. The predicted octanol–water partition coefficient (Wildman–Crippen LogP) is 2.49. The Morgan fingerprint density at radius 2 is 1.65 bits per heavy atom. The van der Waals surface area contributed by atoms with Crippen LogP contribution >= 0.6 is 0 Å². The van der Waals surface area contributed by atoms with Gasteiger partial charge in [0.05, 0.1) is 11.5 Å². The molecular formula is C13H22F3NO5S. The van der Waals surface area contributed by atoms with Gasteiger partial charge in [-0.2, -0.15) is 21.6 Å². The highest BCUT2D eigenvalue weighted by atomic mass is 32.2. The predicted molar refractivity (Wildman–Crippen MR) is 76.6 cm³/mol. The van der Waals surface area contributed by atoms with E-state index >= 15 is 0 Å². The van der Waals surface area contributed by atoms with Crippen molar-refractivity contribution in [2.75, 3.05) is 0 Å². The van der Waals surface area contributed by atoms with Crippen LogP contribution in [0.25, 0.3) is 0 Å². The van der Waals surface area contributed by atoms with Crippen molar-refractivity contribution >= 4 is 21.9 Å². The van der Waals surface area contributed by atoms with Gasteiger partial charge in [-0.25, -0.2) is 4.72 Å². The number of ether oxygens (including phenoxy) is 1. The molecule has 1 atom stereocenters. The summed E-state index contributed by atoms with van der Waals surface area (Å²) in [6.07, 6.45) is 0.231. The van der Waals surface area contributed by atoms with E-state index in [1.807, 2.05) is 0 Å². The number of carbonyl (C=O) groups is 2. The standard InChI is InChI=1S/C13H22F3NO5S/c1-9(22-11(19)12(2,3)4)7-5-6-8-10(18)17-23(20,21)13(14,15)16/h9H,5-8H2,1-4H3,(H,17,18). The Morgan fingerprint density at radius 1 is 1.13 bits per heavy atom. The van der Waals surface area contributed by atoms with E-state index in [2.05, 4.69) is 0 Å². The van der Waals surface area contributed by atoms with Gasteiger partial charge in [0.25, 0.3) is 0 Å². The van der Waals surface area contributed by atoms with Gasteiger partial charge in [0.2, 0.25) is 5.91 Å². The van der Waals surface area contributed by atoms with Crippen molar-refractivity contribution in [3.63, 3.8) is 0 Å². The number of nitrogens with one attached hydrogen (secondary N) is 1. The molecule has 136 valence electrons. The van der Waals surface area contributed by atoms with Crippen molar-refractivity contribution in [2.45, 2.75) is 65.0 Å². The highest BCUT2D eigenvalue weighted by Crippen LogP contribution is 2.22. The normalized spacial score (nSPS) is 14.2. The first-order valence-corrected chi connectivity index (χ1v) is 8.48. The number of alkyl halides is 3. The molecule has 6 nitrogen and oxygen atoms in total. The molecule has 0 aromatic rings. The molecule has 0 aliphatic heterocycles. The SMILES string of the molecule is CC(CCCCC(=O)NS(=O)(=O)C(F)(F)F)OC(=O)C(C)(C)C. The molecule has 1 unspecified atom stereocenters. The van der Waals surface area contributed by atoms with Crippen molar-refractivity contribution in [1.29, 1.82) is 0 Å². The molecule has 23 heavy (non-hydrogen) atoms. The molecule has 0 fully saturated rings. The van der Waals surface area contributed by atoms with Gasteiger partial charge >= 0.3 is 21.5 Å². The van der Waals surface area contributed by atoms with Crippen LogP contribution in [0.4, 0.5) is 13.2 Å². The Morgan fingerprint density at radius 3 is 2.09 bits per heavy atom. The van der Waals surface area contributed by atoms with Crippen molar-refractivity contribution in [3.8, 4) is 0 Å². The quantitative estimate of drug-likeness (QED) is 0.556. The first kappa shape index (κ1) is 21.7. The Balaban J connectivity index is 4.10. The molecule has 0 bridgehead atoms. The Kier molecular flexibility index (Phi) is 7.52. The van der Waals surface area contributed by atoms with E-state index in [4.69, 9.17) is 4.74 Å². The fourth-order valence-corrected chi connectivity index (χ4v) is 1.91. The molecule has 0 spiro atoms. The van der Waals surface area contributed by atoms with E-state index in [0.29, 0.717) is 12.8 Å². The number of esters is 1. The monoisotopic (exact) mass is 361 g/mol. The van der Waals surface area contributed by atoms with Crippen LogP contribution in [0, 0.1) is 5.41 Å². The van der Waals surface area contributed by atoms with E-state index in [1.54, 1.807) is 27.7 Å². The molecule has 0 aliphatic rings. The average Bonchev–Trinajstić information content (AvgIpc) is 2.31. The van der Waals surface area contributed by atoms with E-state index < -0.39 is 33.0 Å². The lowest BCUT2D eigenvalue weighted by atomic mass is 9.97. The molecule has 0 aliphatic carbocycles. The van der Waals surface area contributed by atoms with Crippen LogP contribution in [-0.2, 0) is 24.3 Å². The largest absolute Gasteiger partial charge is 0.516 e. The number of hydrogen-bond acceptors (Lipinski definition) is 5. The summed E-state index contributed by atoms with van der Waals surface area (Å²) in [5.74, 6) is -1.60. The number of halogens is 3. The summed E-state index contributed by atoms with van der Waals surface area (Å²) in [4.78, 5) is 22.8. The highest BCUT2D eigenvalue weighted by molar-refractivity contribution is 7.90. The van der Waals surface area contributed by atoms with Crippen LogP contribution in [0.5, 0.6) is 0 Å². The molecule has 1 N–H and O–H groups in total. The number of unbranched alkanes of at least 4 members (excludes halogenated alkanes) is 1. The van der Waals surface area contributed by atoms with E-state index in [-0.39, 0.29) is 18.8 Å². The summed E-state index contributed by atoms with van der Waals surface area (Å²) in [5, 5.41) is 0. The fourth-order valence-electron chi connectivity index (χ4n) is 1.39. The maximum atomic E-state index is 12.1. The lowest BCUT2D eigenvalue weighted by molar-refractivity contribution is -0.158. The average molecular weight is 361 g/mol. The van der Waals surface area contributed by atoms with Crippen LogP contribution in [0.2, 0.25) is 0 Å². The zero-order chi connectivity index (χ0) is 18.5. The van der Waals surface area contributed by atoms with Gasteiger partial charge in [0, 0.05) is 6.42 Å². The van der Waals surface area contributed by atoms with Crippen LogP contribution < -0.4 is 4.72 Å². The van der Waals surface area contributed by atoms with Crippen LogP contribution in [0.15, 0.2) is 0 Å². The fraction of sp³-hybridized carbons (Fsp3) is 0.846. The molecule has 10 heteroatoms. The molecule has 0 heterocycles. The summed E-state index contributed by atoms with van der Waals surface area (Å²) in [7, 11) is -5.65. The van der Waals surface area contributed by atoms with Crippen molar-refractivity contribution in [2.24, 2.45) is 5.41 Å². The summed E-state index contributed by atoms with van der Waals surface area (Å²) >= 11 is 0. The lowest BCUT2D eigenvalue weighted by Crippen LogP contribution is -2.40. The van der Waals surface area contributed by atoms with Gasteiger partial charge in [-0.1, -0.05) is 0 Å². The Labute approximate surface area is 133 Å². The second-order valence-corrected chi connectivity index (χ2v) is 7.86. The number of hydrogen-bond donors (Lipinski definition) is 1. The van der Waals surface area contributed by atoms with Gasteiger partial charge in [-0.15, -0.1) is 0 Å². The maximum absolute atomic E-state index is 12.1. The first-order chi connectivity index (χ1) is 10.2. The van der Waals surface area contributed by atoms with E-state index in [0.717, 1.165) is 4.72 Å². The molecule has 0 rings (SSSR count). The number of carbonyl (C=O) groups excluding carboxylic acids is 2. The summed E-state index contributed by atoms with van der Waals surface area (Å²) in [6.45, 7) is 6.77. The first-order valence-electron chi connectivity index (χ1n) is 7.00. The van der Waals surface area contributed by atoms with Crippen molar-refractivity contribution < 1.29 is 35.9 Å². The van der Waals surface area contributed by atoms with Crippen LogP contribution in [0.3, 0.4) is 0 Å². The minimum atomic E-state index is -5.65. The number of sulfonamides is 1. The minimum Gasteiger partial charge on any atom is -0.462 e. The van der Waals surface area contributed by atoms with Crippen LogP contribution in [-0.4, -0.2) is 31.9 Å². The Hall–Kier alpha value is -1.32. The molecular weight excluding hydrogens is 339 g/mol. The molecule has 1 amide bonds. The second-order valence-electron chi connectivity index (χ2n) is 6.19. The molecule has 0 radical (unpaired) electrons. The third-order valence-corrected chi connectivity index (χ3v) is 3.84. The molecule has 0 saturated heterocycles. The number of amides is 1. The summed E-state index contributed by atoms with van der Waals surface area (Å²) < 4.78 is 63.7. The zero-order valence-corrected chi connectivity index (χ0v) is 14.3. The topological polar surface area (TPSA) is 89.5 Å². The van der Waals surface area contributed by atoms with Gasteiger partial charge in [0.15, 0.2) is 0 Å². The van der Waals surface area contributed by atoms with Crippen LogP contribution in [0.1, 0.15) is 53.4 Å². The number of rotatable bonds is 7. The Bertz CT molecular complexity index is 523. The summed E-state index contributed by atoms with van der Waals surface area (Å²) in [5.41, 5.74) is -6.15. The zero-order valence-electron chi connectivity index (χ0n) is 13.5. The molecule has 0 saturated carbocycles. The third kappa shape index (κ3) is 8.19. The van der Waals surface area contributed by atoms with Gasteiger partial charge < -0.3 is 4.74 Å². The molecule has 0 aromatic heterocycles. The highest BCUT2D eigenvalue weighted by Gasteiger charge is 2.46. The van der Waals surface area contributed by atoms with Crippen molar-refractivity contribution in [3.05, 3.63) is 0 Å². The van der Waals surface area contributed by atoms with Crippen molar-refractivity contribution in [1.82, 2.24) is 4.72 Å². The van der Waals surface area contributed by atoms with Gasteiger partial charge in [-0.3, -0.25) is 9.59 Å². The lowest BCUT2D eigenvalue weighted by Gasteiger charge is -2.20. The van der Waals surface area contributed by atoms with E-state index in [9.17, 15) is 31.2 Å².